The van der Waals surface area contributed by atoms with E-state index in [0.717, 1.165) is 23.9 Å². The summed E-state index contributed by atoms with van der Waals surface area (Å²) in [6.07, 6.45) is 2.12. The van der Waals surface area contributed by atoms with Gasteiger partial charge in [-0.3, -0.25) is 9.59 Å². The minimum absolute atomic E-state index is 0.0571. The number of hydrogen-bond acceptors (Lipinski definition) is 3. The normalized spacial score (nSPS) is 15.0. The van der Waals surface area contributed by atoms with Gasteiger partial charge in [0.05, 0.1) is 16.1 Å². The molecule has 0 saturated heterocycles. The molecule has 3 aromatic rings. The molecule has 7 heteroatoms. The molecule has 1 aromatic heterocycles. The Morgan fingerprint density at radius 2 is 1.87 bits per heavy atom. The highest BCUT2D eigenvalue weighted by Gasteiger charge is 2.36. The average molecular weight is 442 g/mol. The van der Waals surface area contributed by atoms with Crippen LogP contribution in [0.3, 0.4) is 0 Å². The molecule has 0 amide bonds. The van der Waals surface area contributed by atoms with E-state index in [1.54, 1.807) is 30.3 Å². The maximum Gasteiger partial charge on any atom is 0.206 e. The van der Waals surface area contributed by atoms with Crippen molar-refractivity contribution in [1.82, 2.24) is 0 Å². The lowest BCUT2D eigenvalue weighted by atomic mass is 9.94. The molecule has 4 rings (SSSR count). The molecule has 158 valence electrons. The van der Waals surface area contributed by atoms with Crippen LogP contribution >= 0.6 is 11.6 Å². The number of halogens is 3. The van der Waals surface area contributed by atoms with Crippen LogP contribution in [0.4, 0.5) is 8.78 Å². The lowest BCUT2D eigenvalue weighted by Gasteiger charge is -2.13. The van der Waals surface area contributed by atoms with Crippen molar-refractivity contribution in [2.45, 2.75) is 32.1 Å². The quantitative estimate of drug-likeness (QED) is 0.243. The summed E-state index contributed by atoms with van der Waals surface area (Å²) in [4.78, 5) is 24.3. The SMILES string of the molecule is CC(=O)c1ccc(CC(=O)C2CCc3cc(-c4c(F)ccc(Cl)c4F)c[n+]([O-])c32)cc1. The zero-order valence-electron chi connectivity index (χ0n) is 16.6. The molecular weight excluding hydrogens is 424 g/mol. The number of benzene rings is 2. The Balaban J connectivity index is 1.63. The first-order chi connectivity index (χ1) is 14.8. The van der Waals surface area contributed by atoms with Crippen molar-refractivity contribution in [2.75, 3.05) is 0 Å². The molecule has 0 N–H and O–H groups in total. The number of Topliss-reactive ketones (excluding diaryl/α,β-unsaturated/α-hetero) is 2. The number of aryl methyl sites for hydroxylation is 1. The van der Waals surface area contributed by atoms with E-state index in [1.165, 1.54) is 6.92 Å². The van der Waals surface area contributed by atoms with E-state index >= 15 is 0 Å². The zero-order chi connectivity index (χ0) is 22.3. The van der Waals surface area contributed by atoms with Crippen LogP contribution in [0.2, 0.25) is 5.02 Å². The maximum atomic E-state index is 14.4. The fourth-order valence-electron chi connectivity index (χ4n) is 4.07. The van der Waals surface area contributed by atoms with Gasteiger partial charge in [-0.1, -0.05) is 35.9 Å². The number of carbonyl (C=O) groups is 2. The first kappa shape index (κ1) is 21.1. The molecule has 0 spiro atoms. The number of fused-ring (bicyclic) bond motifs is 1. The van der Waals surface area contributed by atoms with Crippen LogP contribution in [0.5, 0.6) is 0 Å². The summed E-state index contributed by atoms with van der Waals surface area (Å²) in [6.45, 7) is 1.47. The van der Waals surface area contributed by atoms with Gasteiger partial charge < -0.3 is 5.21 Å². The standard InChI is InChI=1S/C24H18ClF2NO3/c1-13(29)15-4-2-14(3-5-15)10-21(30)18-7-6-16-11-17(12-28(31)24(16)18)22-20(26)9-8-19(25)23(22)27/h2-5,8-9,11-12,18H,6-7,10H2,1H3. The highest BCUT2D eigenvalue weighted by molar-refractivity contribution is 6.31. The summed E-state index contributed by atoms with van der Waals surface area (Å²) < 4.78 is 29.2. The van der Waals surface area contributed by atoms with E-state index in [2.05, 4.69) is 0 Å². The van der Waals surface area contributed by atoms with E-state index < -0.39 is 17.6 Å². The Labute approximate surface area is 182 Å². The van der Waals surface area contributed by atoms with E-state index in [4.69, 9.17) is 11.6 Å². The molecule has 1 aliphatic rings. The highest BCUT2D eigenvalue weighted by atomic mass is 35.5. The molecule has 2 aromatic carbocycles. The summed E-state index contributed by atoms with van der Waals surface area (Å²) in [7, 11) is 0. The van der Waals surface area contributed by atoms with Gasteiger partial charge in [0, 0.05) is 17.5 Å². The lowest BCUT2D eigenvalue weighted by Crippen LogP contribution is -2.35. The second kappa shape index (κ2) is 8.19. The van der Waals surface area contributed by atoms with Gasteiger partial charge in [0.25, 0.3) is 0 Å². The third-order valence-electron chi connectivity index (χ3n) is 5.65. The number of rotatable bonds is 5. The summed E-state index contributed by atoms with van der Waals surface area (Å²) in [5, 5.41) is 12.5. The zero-order valence-corrected chi connectivity index (χ0v) is 17.4. The van der Waals surface area contributed by atoms with E-state index in [1.807, 2.05) is 0 Å². The molecule has 1 aliphatic carbocycles. The van der Waals surface area contributed by atoms with Crippen LogP contribution in [-0.2, 0) is 17.6 Å². The Morgan fingerprint density at radius 3 is 2.55 bits per heavy atom. The molecule has 0 aliphatic heterocycles. The van der Waals surface area contributed by atoms with Crippen molar-refractivity contribution in [2.24, 2.45) is 0 Å². The van der Waals surface area contributed by atoms with Gasteiger partial charge in [0.1, 0.15) is 11.7 Å². The number of carbonyl (C=O) groups excluding carboxylic acids is 2. The largest absolute Gasteiger partial charge is 0.618 e. The van der Waals surface area contributed by atoms with Gasteiger partial charge in [0.2, 0.25) is 5.69 Å². The van der Waals surface area contributed by atoms with Crippen molar-refractivity contribution in [3.05, 3.63) is 92.9 Å². The fourth-order valence-corrected chi connectivity index (χ4v) is 4.23. The summed E-state index contributed by atoms with van der Waals surface area (Å²) in [6, 6.07) is 10.5. The Bertz CT molecular complexity index is 1210. The van der Waals surface area contributed by atoms with Crippen LogP contribution in [0.1, 0.15) is 46.4 Å². The second-order valence-electron chi connectivity index (χ2n) is 7.67. The van der Waals surface area contributed by atoms with Gasteiger partial charge in [-0.15, -0.1) is 0 Å². The molecule has 4 nitrogen and oxygen atoms in total. The number of hydrogen-bond donors (Lipinski definition) is 0. The highest BCUT2D eigenvalue weighted by Crippen LogP contribution is 2.36. The molecular formula is C24H18ClF2NO3. The summed E-state index contributed by atoms with van der Waals surface area (Å²) >= 11 is 5.77. The number of pyridine rings is 1. The third kappa shape index (κ3) is 3.95. The number of ketones is 2. The fraction of sp³-hybridized carbons (Fsp3) is 0.208. The molecule has 0 fully saturated rings. The van der Waals surface area contributed by atoms with Gasteiger partial charge in [0.15, 0.2) is 23.6 Å². The average Bonchev–Trinajstić information content (AvgIpc) is 3.16. The van der Waals surface area contributed by atoms with Crippen LogP contribution in [-0.4, -0.2) is 11.6 Å². The van der Waals surface area contributed by atoms with Gasteiger partial charge >= 0.3 is 0 Å². The van der Waals surface area contributed by atoms with Crippen molar-refractivity contribution >= 4 is 23.2 Å². The molecule has 1 atom stereocenters. The monoisotopic (exact) mass is 441 g/mol. The van der Waals surface area contributed by atoms with Crippen molar-refractivity contribution in [1.29, 1.82) is 0 Å². The smallest absolute Gasteiger partial charge is 0.206 e. The number of nitrogens with zero attached hydrogens (tertiary/aromatic N) is 1. The Morgan fingerprint density at radius 1 is 1.16 bits per heavy atom. The van der Waals surface area contributed by atoms with E-state index in [-0.39, 0.29) is 34.1 Å². The van der Waals surface area contributed by atoms with Crippen molar-refractivity contribution in [3.63, 3.8) is 0 Å². The Kier molecular flexibility index (Phi) is 5.58. The van der Waals surface area contributed by atoms with Gasteiger partial charge in [-0.25, -0.2) is 8.78 Å². The molecule has 1 unspecified atom stereocenters. The van der Waals surface area contributed by atoms with E-state index in [9.17, 15) is 23.6 Å². The molecule has 1 heterocycles. The van der Waals surface area contributed by atoms with Crippen LogP contribution in [0.15, 0.2) is 48.7 Å². The maximum absolute atomic E-state index is 14.4. The summed E-state index contributed by atoms with van der Waals surface area (Å²) in [5.74, 6) is -2.52. The van der Waals surface area contributed by atoms with Gasteiger partial charge in [-0.2, -0.15) is 4.73 Å². The van der Waals surface area contributed by atoms with E-state index in [0.29, 0.717) is 34.4 Å². The Hall–Kier alpha value is -3.12. The topological polar surface area (TPSA) is 61.1 Å². The predicted octanol–water partition coefficient (Wildman–Crippen LogP) is 4.96. The first-order valence-corrected chi connectivity index (χ1v) is 10.2. The minimum atomic E-state index is -0.929. The van der Waals surface area contributed by atoms with Crippen molar-refractivity contribution in [3.8, 4) is 11.1 Å². The van der Waals surface area contributed by atoms with Crippen LogP contribution in [0.25, 0.3) is 11.1 Å². The predicted molar refractivity (Wildman–Crippen MR) is 112 cm³/mol. The first-order valence-electron chi connectivity index (χ1n) is 9.78. The third-order valence-corrected chi connectivity index (χ3v) is 5.94. The molecule has 31 heavy (non-hydrogen) atoms. The van der Waals surface area contributed by atoms with Crippen LogP contribution in [0, 0.1) is 16.8 Å². The lowest BCUT2D eigenvalue weighted by molar-refractivity contribution is -0.613. The van der Waals surface area contributed by atoms with Gasteiger partial charge in [-0.05, 0) is 43.5 Å². The summed E-state index contributed by atoms with van der Waals surface area (Å²) in [5.41, 5.74) is 1.95. The molecule has 0 saturated carbocycles. The van der Waals surface area contributed by atoms with Crippen molar-refractivity contribution < 1.29 is 23.1 Å². The number of aromatic nitrogens is 1. The minimum Gasteiger partial charge on any atom is -0.618 e. The molecule has 0 bridgehead atoms. The second-order valence-corrected chi connectivity index (χ2v) is 8.08. The molecule has 0 radical (unpaired) electrons. The van der Waals surface area contributed by atoms with Crippen LogP contribution < -0.4 is 4.73 Å².